The Labute approximate surface area is 112 Å². The van der Waals surface area contributed by atoms with Crippen LogP contribution < -0.4 is 4.72 Å². The molecular weight excluding hydrogens is 294 g/mol. The van der Waals surface area contributed by atoms with Gasteiger partial charge in [0.2, 0.25) is 10.0 Å². The van der Waals surface area contributed by atoms with Gasteiger partial charge in [-0.1, -0.05) is 0 Å². The third-order valence-electron chi connectivity index (χ3n) is 3.89. The molecule has 0 radical (unpaired) electrons. The second-order valence-electron chi connectivity index (χ2n) is 5.50. The van der Waals surface area contributed by atoms with Crippen LogP contribution in [0.25, 0.3) is 0 Å². The van der Waals surface area contributed by atoms with Gasteiger partial charge in [-0.3, -0.25) is 4.79 Å². The number of rotatable bonds is 5. The van der Waals surface area contributed by atoms with Gasteiger partial charge >= 0.3 is 5.97 Å². The van der Waals surface area contributed by atoms with Crippen molar-refractivity contribution in [3.05, 3.63) is 0 Å². The van der Waals surface area contributed by atoms with E-state index in [-0.39, 0.29) is 11.8 Å². The average molecular weight is 311 g/mol. The quantitative estimate of drug-likeness (QED) is 0.700. The third-order valence-corrected chi connectivity index (χ3v) is 7.47. The van der Waals surface area contributed by atoms with E-state index in [2.05, 4.69) is 4.72 Å². The van der Waals surface area contributed by atoms with Crippen molar-refractivity contribution in [1.29, 1.82) is 0 Å². The molecule has 110 valence electrons. The zero-order chi connectivity index (χ0) is 14.4. The van der Waals surface area contributed by atoms with Crippen LogP contribution in [0.1, 0.15) is 19.3 Å². The molecule has 0 spiro atoms. The molecular formula is C10H17NO6S2. The molecule has 0 aromatic heterocycles. The van der Waals surface area contributed by atoms with Gasteiger partial charge in [0, 0.05) is 12.3 Å². The highest BCUT2D eigenvalue weighted by molar-refractivity contribution is 8.06. The highest BCUT2D eigenvalue weighted by Gasteiger charge is 2.52. The smallest absolute Gasteiger partial charge is 0.308 e. The molecule has 0 heterocycles. The Morgan fingerprint density at radius 1 is 1.21 bits per heavy atom. The van der Waals surface area contributed by atoms with E-state index in [0.29, 0.717) is 6.42 Å². The number of carbonyl (C=O) groups is 1. The number of sulfonamides is 1. The van der Waals surface area contributed by atoms with Crippen LogP contribution in [-0.4, -0.2) is 45.3 Å². The summed E-state index contributed by atoms with van der Waals surface area (Å²) in [5.41, 5.74) is 0. The molecule has 2 rings (SSSR count). The van der Waals surface area contributed by atoms with Crippen LogP contribution in [-0.2, 0) is 24.7 Å². The lowest BCUT2D eigenvalue weighted by molar-refractivity contribution is -0.144. The first-order valence-electron chi connectivity index (χ1n) is 5.99. The minimum atomic E-state index is -4.01. The molecule has 0 aliphatic heterocycles. The fourth-order valence-corrected chi connectivity index (χ4v) is 6.62. The van der Waals surface area contributed by atoms with Crippen molar-refractivity contribution in [2.75, 3.05) is 11.3 Å². The van der Waals surface area contributed by atoms with Crippen molar-refractivity contribution in [1.82, 2.24) is 4.72 Å². The van der Waals surface area contributed by atoms with Gasteiger partial charge in [-0.05, 0) is 31.1 Å². The van der Waals surface area contributed by atoms with Crippen molar-refractivity contribution in [2.45, 2.75) is 25.3 Å². The van der Waals surface area contributed by atoms with Gasteiger partial charge in [-0.2, -0.15) is 0 Å². The summed E-state index contributed by atoms with van der Waals surface area (Å²) in [5, 5.41) is 8.18. The van der Waals surface area contributed by atoms with E-state index in [1.165, 1.54) is 0 Å². The molecule has 9 heteroatoms. The van der Waals surface area contributed by atoms with E-state index in [1.54, 1.807) is 0 Å². The monoisotopic (exact) mass is 311 g/mol. The van der Waals surface area contributed by atoms with E-state index in [9.17, 15) is 26.7 Å². The summed E-state index contributed by atoms with van der Waals surface area (Å²) in [4.78, 5) is 11.2. The van der Waals surface area contributed by atoms with Crippen LogP contribution in [0.4, 0.5) is 0 Å². The molecule has 7 nitrogen and oxygen atoms in total. The predicted molar refractivity (Wildman–Crippen MR) is 67.5 cm³/mol. The van der Waals surface area contributed by atoms with Crippen LogP contribution in [0.3, 0.4) is 0 Å². The van der Waals surface area contributed by atoms with Gasteiger partial charge in [0.1, 0.15) is 0 Å². The summed E-state index contributed by atoms with van der Waals surface area (Å²) in [6.45, 7) is 0. The van der Waals surface area contributed by atoms with Gasteiger partial charge in [0.15, 0.2) is 14.9 Å². The van der Waals surface area contributed by atoms with Crippen molar-refractivity contribution in [2.24, 2.45) is 17.8 Å². The lowest BCUT2D eigenvalue weighted by atomic mass is 9.85. The van der Waals surface area contributed by atoms with Crippen molar-refractivity contribution < 1.29 is 26.7 Å². The zero-order valence-electron chi connectivity index (χ0n) is 10.4. The van der Waals surface area contributed by atoms with Gasteiger partial charge in [0.25, 0.3) is 0 Å². The molecule has 19 heavy (non-hydrogen) atoms. The Hall–Kier alpha value is -0.670. The molecule has 2 bridgehead atoms. The molecule has 2 N–H and O–H groups in total. The fourth-order valence-electron chi connectivity index (χ4n) is 3.34. The number of carboxylic acid groups (broad SMARTS) is 1. The lowest BCUT2D eigenvalue weighted by Crippen LogP contribution is -2.48. The Morgan fingerprint density at radius 2 is 1.79 bits per heavy atom. The standard InChI is InChI=1S/C10H17NO6S2/c1-18(14,15)5-19(16,17)11-9-7-3-2-6(4-7)8(9)10(12)13/h6-9,11H,2-5H2,1H3,(H,12,13). The zero-order valence-corrected chi connectivity index (χ0v) is 12.1. The Balaban J connectivity index is 2.16. The molecule has 2 fully saturated rings. The Bertz CT molecular complexity index is 581. The first-order valence-corrected chi connectivity index (χ1v) is 9.71. The van der Waals surface area contributed by atoms with Crippen LogP contribution in [0.2, 0.25) is 0 Å². The van der Waals surface area contributed by atoms with Gasteiger partial charge in [0.05, 0.1) is 5.92 Å². The summed E-state index contributed by atoms with van der Waals surface area (Å²) in [6, 6.07) is -0.678. The first kappa shape index (κ1) is 14.7. The number of nitrogens with one attached hydrogen (secondary N) is 1. The molecule has 2 saturated carbocycles. The summed E-state index contributed by atoms with van der Waals surface area (Å²) in [7, 11) is -7.68. The minimum absolute atomic E-state index is 0.000403. The number of aliphatic carboxylic acids is 1. The van der Waals surface area contributed by atoms with Crippen molar-refractivity contribution >= 4 is 25.8 Å². The average Bonchev–Trinajstić information content (AvgIpc) is 2.71. The maximum atomic E-state index is 11.8. The predicted octanol–water partition coefficient (Wildman–Crippen LogP) is -0.593. The van der Waals surface area contributed by atoms with Crippen LogP contribution in [0.15, 0.2) is 0 Å². The van der Waals surface area contributed by atoms with Crippen LogP contribution in [0.5, 0.6) is 0 Å². The van der Waals surface area contributed by atoms with Crippen LogP contribution >= 0.6 is 0 Å². The van der Waals surface area contributed by atoms with Gasteiger partial charge in [-0.25, -0.2) is 21.6 Å². The number of carboxylic acids is 1. The molecule has 4 atom stereocenters. The SMILES string of the molecule is CS(=O)(=O)CS(=O)(=O)NC1C2CCC(C2)C1C(=O)O. The third kappa shape index (κ3) is 3.26. The minimum Gasteiger partial charge on any atom is -0.481 e. The van der Waals surface area contributed by atoms with Gasteiger partial charge < -0.3 is 5.11 Å². The largest absolute Gasteiger partial charge is 0.481 e. The van der Waals surface area contributed by atoms with Crippen LogP contribution in [0, 0.1) is 17.8 Å². The summed E-state index contributed by atoms with van der Waals surface area (Å²) < 4.78 is 47.9. The molecule has 0 amide bonds. The Morgan fingerprint density at radius 3 is 2.32 bits per heavy atom. The second-order valence-corrected chi connectivity index (χ2v) is 9.76. The molecule has 0 saturated heterocycles. The highest BCUT2D eigenvalue weighted by Crippen LogP contribution is 2.48. The summed E-state index contributed by atoms with van der Waals surface area (Å²) in [6.07, 6.45) is 3.12. The van der Waals surface area contributed by atoms with Crippen molar-refractivity contribution in [3.63, 3.8) is 0 Å². The first-order chi connectivity index (χ1) is 8.59. The number of hydrogen-bond acceptors (Lipinski definition) is 5. The van der Waals surface area contributed by atoms with E-state index in [0.717, 1.165) is 19.1 Å². The van der Waals surface area contributed by atoms with E-state index in [1.807, 2.05) is 0 Å². The number of sulfone groups is 1. The molecule has 2 aliphatic carbocycles. The molecule has 4 unspecified atom stereocenters. The van der Waals surface area contributed by atoms with E-state index in [4.69, 9.17) is 0 Å². The summed E-state index contributed by atoms with van der Waals surface area (Å²) >= 11 is 0. The molecule has 2 aliphatic rings. The van der Waals surface area contributed by atoms with Crippen molar-refractivity contribution in [3.8, 4) is 0 Å². The molecule has 0 aromatic rings. The maximum Gasteiger partial charge on any atom is 0.308 e. The number of fused-ring (bicyclic) bond motifs is 2. The fraction of sp³-hybridized carbons (Fsp3) is 0.900. The van der Waals surface area contributed by atoms with E-state index >= 15 is 0 Å². The lowest BCUT2D eigenvalue weighted by Gasteiger charge is -2.28. The Kier molecular flexibility index (Phi) is 3.65. The second kappa shape index (κ2) is 4.71. The molecule has 0 aromatic carbocycles. The normalized spacial score (nSPS) is 34.6. The highest BCUT2D eigenvalue weighted by atomic mass is 32.3. The summed E-state index contributed by atoms with van der Waals surface area (Å²) in [5.74, 6) is -1.76. The van der Waals surface area contributed by atoms with Gasteiger partial charge in [-0.15, -0.1) is 0 Å². The topological polar surface area (TPSA) is 118 Å². The van der Waals surface area contributed by atoms with E-state index < -0.39 is 42.9 Å². The maximum absolute atomic E-state index is 11.8. The number of hydrogen-bond donors (Lipinski definition) is 2.